The molecule has 0 spiro atoms. The Balaban J connectivity index is 2.59. The fourth-order valence-corrected chi connectivity index (χ4v) is 1.97. The summed E-state index contributed by atoms with van der Waals surface area (Å²) in [5.74, 6) is 1.03. The quantitative estimate of drug-likeness (QED) is 0.730. The lowest BCUT2D eigenvalue weighted by atomic mass is 9.54. The van der Waals surface area contributed by atoms with Gasteiger partial charge >= 0.3 is 0 Å². The van der Waals surface area contributed by atoms with Gasteiger partial charge in [0.1, 0.15) is 0 Å². The highest BCUT2D eigenvalue weighted by molar-refractivity contribution is 6.50. The van der Waals surface area contributed by atoms with Gasteiger partial charge in [0.15, 0.2) is 0 Å². The summed E-state index contributed by atoms with van der Waals surface area (Å²) in [4.78, 5) is 0. The van der Waals surface area contributed by atoms with E-state index in [1.165, 1.54) is 5.56 Å². The van der Waals surface area contributed by atoms with Crippen molar-refractivity contribution in [1.29, 1.82) is 0 Å². The fourth-order valence-electron chi connectivity index (χ4n) is 1.97. The Labute approximate surface area is 93.6 Å². The van der Waals surface area contributed by atoms with Crippen LogP contribution in [0.15, 0.2) is 30.3 Å². The molecule has 0 fully saturated rings. The molecule has 1 aromatic carbocycles. The third-order valence-corrected chi connectivity index (χ3v) is 2.80. The van der Waals surface area contributed by atoms with Crippen molar-refractivity contribution >= 4 is 6.92 Å². The molecule has 0 aliphatic carbocycles. The maximum atomic E-state index is 9.72. The van der Waals surface area contributed by atoms with Gasteiger partial charge in [0, 0.05) is 0 Å². The second-order valence-corrected chi connectivity index (χ2v) is 4.82. The SMILES string of the molecule is CB(O)[C@H](Cc1ccccc1)CC(C)C. The third-order valence-electron chi connectivity index (χ3n) is 2.80. The van der Waals surface area contributed by atoms with E-state index in [9.17, 15) is 5.02 Å². The second kappa shape index (κ2) is 5.97. The van der Waals surface area contributed by atoms with E-state index in [-0.39, 0.29) is 6.92 Å². The van der Waals surface area contributed by atoms with E-state index in [0.29, 0.717) is 11.7 Å². The lowest BCUT2D eigenvalue weighted by molar-refractivity contribution is 0.489. The molecule has 15 heavy (non-hydrogen) atoms. The Kier molecular flexibility index (Phi) is 4.90. The van der Waals surface area contributed by atoms with Crippen LogP contribution in [0.5, 0.6) is 0 Å². The molecule has 0 aromatic heterocycles. The van der Waals surface area contributed by atoms with Crippen molar-refractivity contribution < 1.29 is 5.02 Å². The van der Waals surface area contributed by atoms with Crippen LogP contribution in [0.1, 0.15) is 25.8 Å². The van der Waals surface area contributed by atoms with Crippen molar-refractivity contribution in [1.82, 2.24) is 0 Å². The predicted octanol–water partition coefficient (Wildman–Crippen LogP) is 3.26. The van der Waals surface area contributed by atoms with Crippen LogP contribution in [0.25, 0.3) is 0 Å². The molecule has 0 amide bonds. The van der Waals surface area contributed by atoms with Gasteiger partial charge in [0.05, 0.1) is 0 Å². The summed E-state index contributed by atoms with van der Waals surface area (Å²) in [6.07, 6.45) is 2.07. The van der Waals surface area contributed by atoms with Crippen LogP contribution in [0, 0.1) is 5.92 Å². The summed E-state index contributed by atoms with van der Waals surface area (Å²) < 4.78 is 0. The highest BCUT2D eigenvalue weighted by atomic mass is 16.2. The monoisotopic (exact) mass is 204 g/mol. The van der Waals surface area contributed by atoms with Gasteiger partial charge < -0.3 is 5.02 Å². The highest BCUT2D eigenvalue weighted by Gasteiger charge is 2.20. The molecule has 0 radical (unpaired) electrons. The van der Waals surface area contributed by atoms with Gasteiger partial charge in [-0.3, -0.25) is 0 Å². The first kappa shape index (κ1) is 12.3. The topological polar surface area (TPSA) is 20.2 Å². The number of benzene rings is 1. The number of hydrogen-bond acceptors (Lipinski definition) is 1. The molecule has 0 heterocycles. The molecule has 1 atom stereocenters. The van der Waals surface area contributed by atoms with E-state index in [1.54, 1.807) is 0 Å². The first-order valence-corrected chi connectivity index (χ1v) is 5.81. The molecule has 0 saturated carbocycles. The largest absolute Gasteiger partial charge is 0.450 e. The van der Waals surface area contributed by atoms with Crippen LogP contribution in [0.3, 0.4) is 0 Å². The molecule has 2 heteroatoms. The van der Waals surface area contributed by atoms with Crippen molar-refractivity contribution in [3.05, 3.63) is 35.9 Å². The molecule has 0 bridgehead atoms. The molecule has 0 unspecified atom stereocenters. The van der Waals surface area contributed by atoms with E-state index in [0.717, 1.165) is 12.8 Å². The van der Waals surface area contributed by atoms with Crippen LogP contribution in [-0.4, -0.2) is 11.9 Å². The summed E-state index contributed by atoms with van der Waals surface area (Å²) in [7, 11) is 0. The van der Waals surface area contributed by atoms with Crippen LogP contribution in [-0.2, 0) is 6.42 Å². The van der Waals surface area contributed by atoms with E-state index < -0.39 is 0 Å². The average molecular weight is 204 g/mol. The molecule has 0 saturated heterocycles. The minimum atomic E-state index is -0.215. The molecule has 1 nitrogen and oxygen atoms in total. The lowest BCUT2D eigenvalue weighted by Gasteiger charge is -2.19. The van der Waals surface area contributed by atoms with Crippen LogP contribution in [0.2, 0.25) is 12.6 Å². The van der Waals surface area contributed by atoms with Crippen molar-refractivity contribution in [2.75, 3.05) is 0 Å². The highest BCUT2D eigenvalue weighted by Crippen LogP contribution is 2.24. The molecule has 1 aromatic rings. The van der Waals surface area contributed by atoms with Gasteiger partial charge in [0.25, 0.3) is 6.92 Å². The normalized spacial score (nSPS) is 12.9. The summed E-state index contributed by atoms with van der Waals surface area (Å²) in [5, 5.41) is 9.72. The van der Waals surface area contributed by atoms with E-state index in [4.69, 9.17) is 0 Å². The molecule has 1 N–H and O–H groups in total. The number of rotatable bonds is 5. The third kappa shape index (κ3) is 4.52. The molecular formula is C13H21BO. The Bertz CT molecular complexity index is 269. The van der Waals surface area contributed by atoms with Crippen molar-refractivity contribution in [3.63, 3.8) is 0 Å². The van der Waals surface area contributed by atoms with Crippen molar-refractivity contribution in [2.24, 2.45) is 5.92 Å². The minimum absolute atomic E-state index is 0.215. The Morgan fingerprint density at radius 3 is 2.27 bits per heavy atom. The number of hydrogen-bond donors (Lipinski definition) is 1. The van der Waals surface area contributed by atoms with Crippen LogP contribution in [0.4, 0.5) is 0 Å². The van der Waals surface area contributed by atoms with E-state index in [2.05, 4.69) is 38.1 Å². The van der Waals surface area contributed by atoms with Gasteiger partial charge in [-0.2, -0.15) is 0 Å². The minimum Gasteiger partial charge on any atom is -0.450 e. The molecule has 82 valence electrons. The maximum absolute atomic E-state index is 9.72. The average Bonchev–Trinajstić information content (AvgIpc) is 2.17. The van der Waals surface area contributed by atoms with Gasteiger partial charge in [-0.15, -0.1) is 0 Å². The van der Waals surface area contributed by atoms with Crippen molar-refractivity contribution in [2.45, 2.75) is 39.3 Å². The molecule has 0 aliphatic rings. The van der Waals surface area contributed by atoms with Gasteiger partial charge in [0.2, 0.25) is 0 Å². The first-order valence-electron chi connectivity index (χ1n) is 5.81. The fraction of sp³-hybridized carbons (Fsp3) is 0.538. The van der Waals surface area contributed by atoms with E-state index in [1.807, 2.05) is 12.9 Å². The molecule has 1 rings (SSSR count). The Morgan fingerprint density at radius 1 is 1.20 bits per heavy atom. The van der Waals surface area contributed by atoms with Gasteiger partial charge in [-0.1, -0.05) is 57.4 Å². The summed E-state index contributed by atoms with van der Waals surface area (Å²) in [6, 6.07) is 10.4. The summed E-state index contributed by atoms with van der Waals surface area (Å²) in [6.45, 7) is 6.10. The zero-order valence-corrected chi connectivity index (χ0v) is 9.98. The van der Waals surface area contributed by atoms with Crippen LogP contribution < -0.4 is 0 Å². The zero-order valence-electron chi connectivity index (χ0n) is 9.98. The zero-order chi connectivity index (χ0) is 11.3. The lowest BCUT2D eigenvalue weighted by Crippen LogP contribution is -2.20. The summed E-state index contributed by atoms with van der Waals surface area (Å²) in [5.41, 5.74) is 1.32. The van der Waals surface area contributed by atoms with Gasteiger partial charge in [-0.05, 0) is 23.7 Å². The summed E-state index contributed by atoms with van der Waals surface area (Å²) >= 11 is 0. The molecule has 0 aliphatic heterocycles. The molecular weight excluding hydrogens is 183 g/mol. The smallest absolute Gasteiger partial charge is 0.289 e. The first-order chi connectivity index (χ1) is 7.09. The maximum Gasteiger partial charge on any atom is 0.289 e. The Hall–Kier alpha value is -0.755. The van der Waals surface area contributed by atoms with E-state index >= 15 is 0 Å². The van der Waals surface area contributed by atoms with Crippen LogP contribution >= 0.6 is 0 Å². The standard InChI is InChI=1S/C13H21BO/c1-11(2)9-13(14(3)15)10-12-7-5-4-6-8-12/h4-8,11,13,15H,9-10H2,1-3H3/t13-/m0/s1. The second-order valence-electron chi connectivity index (χ2n) is 4.82. The Morgan fingerprint density at radius 2 is 1.80 bits per heavy atom. The predicted molar refractivity (Wildman–Crippen MR) is 67.2 cm³/mol. The van der Waals surface area contributed by atoms with Gasteiger partial charge in [-0.25, -0.2) is 0 Å². The van der Waals surface area contributed by atoms with Crippen molar-refractivity contribution in [3.8, 4) is 0 Å².